The Morgan fingerprint density at radius 3 is 2.56 bits per heavy atom. The number of halogens is 2. The summed E-state index contributed by atoms with van der Waals surface area (Å²) in [6.45, 7) is 5.81. The van der Waals surface area contributed by atoms with Crippen molar-refractivity contribution in [1.29, 1.82) is 0 Å². The third-order valence-electron chi connectivity index (χ3n) is 7.35. The molecule has 3 atom stereocenters. The van der Waals surface area contributed by atoms with Crippen LogP contribution in [0, 0.1) is 11.7 Å². The molecule has 0 spiro atoms. The van der Waals surface area contributed by atoms with Crippen molar-refractivity contribution in [3.05, 3.63) is 83.1 Å². The van der Waals surface area contributed by atoms with Gasteiger partial charge in [0.15, 0.2) is 11.5 Å². The highest BCUT2D eigenvalue weighted by Crippen LogP contribution is 2.33. The lowest BCUT2D eigenvalue weighted by molar-refractivity contribution is -0.136. The topological polar surface area (TPSA) is 135 Å². The Morgan fingerprint density at radius 2 is 1.81 bits per heavy atom. The molecule has 1 heterocycles. The number of carbonyl (C=O) groups is 4. The van der Waals surface area contributed by atoms with Gasteiger partial charge in [-0.3, -0.25) is 19.2 Å². The number of para-hydroxylation sites is 1. The van der Waals surface area contributed by atoms with Crippen LogP contribution in [0.5, 0.6) is 23.0 Å². The van der Waals surface area contributed by atoms with Gasteiger partial charge < -0.3 is 35.1 Å². The molecule has 0 fully saturated rings. The van der Waals surface area contributed by atoms with Crippen LogP contribution in [0.3, 0.4) is 0 Å². The molecule has 0 aromatic heterocycles. The Labute approximate surface area is 284 Å². The van der Waals surface area contributed by atoms with Crippen LogP contribution in [0.15, 0.2) is 66.7 Å². The van der Waals surface area contributed by atoms with E-state index in [1.54, 1.807) is 62.5 Å². The summed E-state index contributed by atoms with van der Waals surface area (Å²) in [6.07, 6.45) is -0.0576. The number of fused-ring (bicyclic) bond motifs is 1. The molecular weight excluding hydrogens is 643 g/mol. The minimum atomic E-state index is -1.31. The number of nitrogens with one attached hydrogen (secondary N) is 3. The lowest BCUT2D eigenvalue weighted by Crippen LogP contribution is -2.54. The van der Waals surface area contributed by atoms with Gasteiger partial charge in [0.1, 0.15) is 42.6 Å². The van der Waals surface area contributed by atoms with Gasteiger partial charge in [0.05, 0.1) is 24.6 Å². The quantitative estimate of drug-likeness (QED) is 0.297. The number of hydrogen-bond donors (Lipinski definition) is 3. The van der Waals surface area contributed by atoms with E-state index in [9.17, 15) is 23.6 Å². The van der Waals surface area contributed by atoms with Crippen molar-refractivity contribution in [2.75, 3.05) is 26.8 Å². The van der Waals surface area contributed by atoms with Crippen LogP contribution < -0.4 is 30.2 Å². The molecule has 0 radical (unpaired) electrons. The summed E-state index contributed by atoms with van der Waals surface area (Å²) in [5.74, 6) is -1.64. The van der Waals surface area contributed by atoms with Gasteiger partial charge in [-0.25, -0.2) is 4.39 Å². The van der Waals surface area contributed by atoms with Crippen LogP contribution >= 0.6 is 11.6 Å². The van der Waals surface area contributed by atoms with Gasteiger partial charge in [0.2, 0.25) is 17.7 Å². The Morgan fingerprint density at radius 1 is 1.04 bits per heavy atom. The molecular formula is C35H40ClFN4O7. The molecule has 0 saturated heterocycles. The zero-order chi connectivity index (χ0) is 34.8. The monoisotopic (exact) mass is 682 g/mol. The Balaban J connectivity index is 1.50. The van der Waals surface area contributed by atoms with Gasteiger partial charge in [0.25, 0.3) is 5.91 Å². The summed E-state index contributed by atoms with van der Waals surface area (Å²) in [5, 5.41) is 8.62. The fourth-order valence-electron chi connectivity index (χ4n) is 4.96. The zero-order valence-electron chi connectivity index (χ0n) is 27.3. The lowest BCUT2D eigenvalue weighted by Gasteiger charge is -2.27. The van der Waals surface area contributed by atoms with Crippen molar-refractivity contribution in [3.8, 4) is 23.0 Å². The minimum absolute atomic E-state index is 0.0654. The number of amides is 4. The van der Waals surface area contributed by atoms with E-state index in [2.05, 4.69) is 16.0 Å². The summed E-state index contributed by atoms with van der Waals surface area (Å²) in [6, 6.07) is 14.1. The summed E-state index contributed by atoms with van der Waals surface area (Å²) >= 11 is 6.05. The fourth-order valence-corrected chi connectivity index (χ4v) is 5.14. The largest absolute Gasteiger partial charge is 0.491 e. The molecule has 3 N–H and O–H groups in total. The predicted molar refractivity (Wildman–Crippen MR) is 178 cm³/mol. The van der Waals surface area contributed by atoms with E-state index in [0.29, 0.717) is 17.2 Å². The van der Waals surface area contributed by atoms with Crippen LogP contribution in [0.4, 0.5) is 4.39 Å². The van der Waals surface area contributed by atoms with Crippen molar-refractivity contribution >= 4 is 35.2 Å². The fraction of sp³-hybridized carbons (Fsp3) is 0.371. The van der Waals surface area contributed by atoms with E-state index < -0.39 is 48.1 Å². The first kappa shape index (κ1) is 36.0. The number of rotatable bonds is 9. The highest BCUT2D eigenvalue weighted by Gasteiger charge is 2.31. The molecule has 13 heteroatoms. The first-order valence-electron chi connectivity index (χ1n) is 15.6. The molecule has 0 unspecified atom stereocenters. The van der Waals surface area contributed by atoms with Crippen LogP contribution in [-0.2, 0) is 14.4 Å². The van der Waals surface area contributed by atoms with E-state index in [1.807, 2.05) is 13.8 Å². The van der Waals surface area contributed by atoms with Crippen molar-refractivity contribution in [2.24, 2.45) is 5.92 Å². The molecule has 0 aliphatic carbocycles. The first-order valence-corrected chi connectivity index (χ1v) is 16.0. The molecule has 3 aromatic rings. The van der Waals surface area contributed by atoms with E-state index in [-0.39, 0.29) is 54.4 Å². The molecule has 4 rings (SSSR count). The standard InChI is InChI=1S/C35H40ClFN4O7/c1-21(2)16-28-35(45)41(4)14-15-46-29-11-6-5-10-26(29)33(43)40-27(19-32(42)39-28)34(44)38-22(3)20-47-30-13-12-24(37)18-31(30)48-25-9-7-8-23(36)17-25/h5-13,17-18,21-22,27-28H,14-16,19-20H2,1-4H3,(H,38,44)(H,39,42)(H,40,43)/t22-,27+,28+/m1/s1. The van der Waals surface area contributed by atoms with Crippen LogP contribution in [0.25, 0.3) is 0 Å². The maximum absolute atomic E-state index is 14.1. The normalized spacial score (nSPS) is 18.1. The maximum Gasteiger partial charge on any atom is 0.255 e. The van der Waals surface area contributed by atoms with Crippen molar-refractivity contribution in [1.82, 2.24) is 20.9 Å². The second-order valence-electron chi connectivity index (χ2n) is 12.0. The van der Waals surface area contributed by atoms with Crippen molar-refractivity contribution in [3.63, 3.8) is 0 Å². The SMILES string of the molecule is CC(C)C[C@@H]1NC(=O)C[C@@H](C(=O)N[C@H](C)COc2ccc(F)cc2Oc2cccc(Cl)c2)NC(=O)c2ccccc2OCCN(C)C1=O. The summed E-state index contributed by atoms with van der Waals surface area (Å²) in [5.41, 5.74) is 0.166. The van der Waals surface area contributed by atoms with E-state index >= 15 is 0 Å². The Kier molecular flexibility index (Phi) is 12.6. The van der Waals surface area contributed by atoms with Crippen LogP contribution in [0.2, 0.25) is 5.02 Å². The summed E-state index contributed by atoms with van der Waals surface area (Å²) < 4.78 is 31.6. The molecule has 1 aliphatic heterocycles. The Bertz CT molecular complexity index is 1620. The Hall–Kier alpha value is -4.84. The molecule has 11 nitrogen and oxygen atoms in total. The third-order valence-corrected chi connectivity index (χ3v) is 7.59. The van der Waals surface area contributed by atoms with Gasteiger partial charge in [-0.15, -0.1) is 0 Å². The maximum atomic E-state index is 14.1. The number of benzene rings is 3. The van der Waals surface area contributed by atoms with Crippen molar-refractivity contribution < 1.29 is 37.8 Å². The van der Waals surface area contributed by atoms with Gasteiger partial charge >= 0.3 is 0 Å². The van der Waals surface area contributed by atoms with E-state index in [1.165, 1.54) is 23.1 Å². The lowest BCUT2D eigenvalue weighted by atomic mass is 10.0. The van der Waals surface area contributed by atoms with Gasteiger partial charge in [0, 0.05) is 18.1 Å². The number of carbonyl (C=O) groups excluding carboxylic acids is 4. The molecule has 256 valence electrons. The van der Waals surface area contributed by atoms with E-state index in [4.69, 9.17) is 25.8 Å². The number of hydrogen-bond acceptors (Lipinski definition) is 7. The molecule has 0 saturated carbocycles. The first-order chi connectivity index (χ1) is 22.9. The number of nitrogens with zero attached hydrogens (tertiary/aromatic N) is 1. The predicted octanol–water partition coefficient (Wildman–Crippen LogP) is 4.73. The van der Waals surface area contributed by atoms with Crippen LogP contribution in [0.1, 0.15) is 44.0 Å². The third kappa shape index (κ3) is 10.3. The number of likely N-dealkylation sites (N-methyl/N-ethyl adjacent to an activating group) is 1. The van der Waals surface area contributed by atoms with Crippen LogP contribution in [-0.4, -0.2) is 73.5 Å². The smallest absolute Gasteiger partial charge is 0.255 e. The molecule has 0 bridgehead atoms. The van der Waals surface area contributed by atoms with E-state index in [0.717, 1.165) is 0 Å². The van der Waals surface area contributed by atoms with Gasteiger partial charge in [-0.05, 0) is 61.7 Å². The van der Waals surface area contributed by atoms with Crippen molar-refractivity contribution in [2.45, 2.75) is 51.7 Å². The average molecular weight is 683 g/mol. The average Bonchev–Trinajstić information content (AvgIpc) is 3.03. The molecule has 3 aromatic carbocycles. The molecule has 1 aliphatic rings. The zero-order valence-corrected chi connectivity index (χ0v) is 28.0. The highest BCUT2D eigenvalue weighted by atomic mass is 35.5. The number of ether oxygens (including phenoxy) is 3. The molecule has 48 heavy (non-hydrogen) atoms. The second kappa shape index (κ2) is 16.8. The highest BCUT2D eigenvalue weighted by molar-refractivity contribution is 6.30. The second-order valence-corrected chi connectivity index (χ2v) is 12.4. The summed E-state index contributed by atoms with van der Waals surface area (Å²) in [4.78, 5) is 55.0. The minimum Gasteiger partial charge on any atom is -0.491 e. The molecule has 4 amide bonds. The van der Waals surface area contributed by atoms with Gasteiger partial charge in [-0.2, -0.15) is 0 Å². The van der Waals surface area contributed by atoms with Gasteiger partial charge in [-0.1, -0.05) is 43.6 Å². The summed E-state index contributed by atoms with van der Waals surface area (Å²) in [7, 11) is 1.62.